The van der Waals surface area contributed by atoms with Gasteiger partial charge in [-0.2, -0.15) is 0 Å². The summed E-state index contributed by atoms with van der Waals surface area (Å²) in [6.07, 6.45) is 0.692. The first-order valence-corrected chi connectivity index (χ1v) is 4.31. The molecule has 0 heterocycles. The monoisotopic (exact) mass is 212 g/mol. The molecule has 3 nitrogen and oxygen atoms in total. The topological polar surface area (TPSA) is 43.4 Å². The van der Waals surface area contributed by atoms with Crippen LogP contribution in [0.15, 0.2) is 12.1 Å². The molecule has 0 aliphatic heterocycles. The van der Waals surface area contributed by atoms with Crippen LogP contribution >= 0.6 is 11.6 Å². The Morgan fingerprint density at radius 1 is 1.50 bits per heavy atom. The van der Waals surface area contributed by atoms with Gasteiger partial charge in [0.1, 0.15) is 12.0 Å². The van der Waals surface area contributed by atoms with Crippen LogP contribution in [-0.4, -0.2) is 18.6 Å². The Morgan fingerprint density at radius 2 is 2.14 bits per heavy atom. The van der Waals surface area contributed by atoms with Gasteiger partial charge in [0.2, 0.25) is 0 Å². The first-order chi connectivity index (χ1) is 6.60. The van der Waals surface area contributed by atoms with E-state index in [1.165, 1.54) is 13.2 Å². The number of hydrogen-bond donors (Lipinski definition) is 0. The highest BCUT2D eigenvalue weighted by Gasteiger charge is 2.14. The number of rotatable bonds is 3. The molecule has 0 spiro atoms. The Balaban J connectivity index is 3.42. The lowest BCUT2D eigenvalue weighted by molar-refractivity contribution is 0.107. The number of halogens is 1. The third kappa shape index (κ3) is 1.93. The average molecular weight is 213 g/mol. The smallest absolute Gasteiger partial charge is 0.256 e. The molecule has 1 rings (SSSR count). The maximum absolute atomic E-state index is 11.0. The average Bonchev–Trinajstić information content (AvgIpc) is 2.15. The minimum absolute atomic E-state index is 0.305. The van der Waals surface area contributed by atoms with E-state index in [1.807, 2.05) is 0 Å². The SMILES string of the molecule is COc1cc(C=O)cc(C)c1C(=O)Cl. The Bertz CT molecular complexity index is 385. The number of carbonyl (C=O) groups is 2. The van der Waals surface area contributed by atoms with Crippen molar-refractivity contribution >= 4 is 23.1 Å². The molecule has 0 aliphatic rings. The van der Waals surface area contributed by atoms with Crippen LogP contribution in [0.4, 0.5) is 0 Å². The quantitative estimate of drug-likeness (QED) is 0.570. The zero-order chi connectivity index (χ0) is 10.7. The lowest BCUT2D eigenvalue weighted by Crippen LogP contribution is -2.00. The molecule has 0 fully saturated rings. The van der Waals surface area contributed by atoms with Gasteiger partial charge in [0, 0.05) is 5.56 Å². The molecule has 74 valence electrons. The Kier molecular flexibility index (Phi) is 3.25. The second-order valence-corrected chi connectivity index (χ2v) is 3.15. The molecule has 1 aromatic rings. The van der Waals surface area contributed by atoms with Crippen LogP contribution in [0, 0.1) is 6.92 Å². The predicted molar refractivity (Wildman–Crippen MR) is 53.3 cm³/mol. The number of hydrogen-bond acceptors (Lipinski definition) is 3. The summed E-state index contributed by atoms with van der Waals surface area (Å²) in [7, 11) is 1.42. The van der Waals surface area contributed by atoms with E-state index >= 15 is 0 Å². The van der Waals surface area contributed by atoms with Crippen LogP contribution in [0.25, 0.3) is 0 Å². The van der Waals surface area contributed by atoms with Gasteiger partial charge in [0.15, 0.2) is 0 Å². The van der Waals surface area contributed by atoms with Crippen LogP contribution < -0.4 is 4.74 Å². The number of aryl methyl sites for hydroxylation is 1. The van der Waals surface area contributed by atoms with E-state index in [9.17, 15) is 9.59 Å². The van der Waals surface area contributed by atoms with E-state index in [0.29, 0.717) is 28.7 Å². The van der Waals surface area contributed by atoms with Crippen LogP contribution in [0.1, 0.15) is 26.3 Å². The molecule has 0 saturated heterocycles. The lowest BCUT2D eigenvalue weighted by atomic mass is 10.1. The number of ether oxygens (including phenoxy) is 1. The molecule has 0 atom stereocenters. The zero-order valence-corrected chi connectivity index (χ0v) is 8.59. The molecule has 0 amide bonds. The van der Waals surface area contributed by atoms with Crippen LogP contribution in [0.3, 0.4) is 0 Å². The Hall–Kier alpha value is -1.35. The summed E-state index contributed by atoms with van der Waals surface area (Å²) in [6.45, 7) is 1.70. The Labute approximate surface area is 86.6 Å². The second kappa shape index (κ2) is 4.24. The minimum Gasteiger partial charge on any atom is -0.496 e. The summed E-state index contributed by atoms with van der Waals surface area (Å²) in [5, 5.41) is -0.586. The van der Waals surface area contributed by atoms with Gasteiger partial charge in [-0.25, -0.2) is 0 Å². The number of benzene rings is 1. The number of aldehydes is 1. The van der Waals surface area contributed by atoms with E-state index in [2.05, 4.69) is 0 Å². The van der Waals surface area contributed by atoms with Gasteiger partial charge in [-0.15, -0.1) is 0 Å². The van der Waals surface area contributed by atoms with Crippen molar-refractivity contribution in [2.24, 2.45) is 0 Å². The van der Waals surface area contributed by atoms with E-state index < -0.39 is 5.24 Å². The summed E-state index contributed by atoms with van der Waals surface area (Å²) < 4.78 is 4.97. The minimum atomic E-state index is -0.586. The maximum atomic E-state index is 11.0. The summed E-state index contributed by atoms with van der Waals surface area (Å²) in [5.41, 5.74) is 1.40. The molecule has 0 bridgehead atoms. The highest BCUT2D eigenvalue weighted by molar-refractivity contribution is 6.68. The largest absolute Gasteiger partial charge is 0.496 e. The third-order valence-corrected chi connectivity index (χ3v) is 2.06. The van der Waals surface area contributed by atoms with Gasteiger partial charge in [-0.05, 0) is 36.2 Å². The predicted octanol–water partition coefficient (Wildman–Crippen LogP) is 2.20. The summed E-state index contributed by atoms with van der Waals surface area (Å²) in [5.74, 6) is 0.326. The second-order valence-electron chi connectivity index (χ2n) is 2.81. The normalized spacial score (nSPS) is 9.64. The number of carbonyl (C=O) groups excluding carboxylic acids is 2. The zero-order valence-electron chi connectivity index (χ0n) is 7.83. The third-order valence-electron chi connectivity index (χ3n) is 1.87. The van der Waals surface area contributed by atoms with Crippen molar-refractivity contribution < 1.29 is 14.3 Å². The summed E-state index contributed by atoms with van der Waals surface area (Å²) >= 11 is 5.38. The van der Waals surface area contributed by atoms with Gasteiger partial charge in [0.05, 0.1) is 12.7 Å². The molecular weight excluding hydrogens is 204 g/mol. The number of methoxy groups -OCH3 is 1. The summed E-state index contributed by atoms with van der Waals surface area (Å²) in [6, 6.07) is 3.07. The molecule has 14 heavy (non-hydrogen) atoms. The van der Waals surface area contributed by atoms with Crippen molar-refractivity contribution in [1.29, 1.82) is 0 Å². The fraction of sp³-hybridized carbons (Fsp3) is 0.200. The van der Waals surface area contributed by atoms with Crippen molar-refractivity contribution in [2.45, 2.75) is 6.92 Å². The van der Waals surface area contributed by atoms with Crippen LogP contribution in [-0.2, 0) is 0 Å². The highest BCUT2D eigenvalue weighted by Crippen LogP contribution is 2.25. The molecule has 0 saturated carbocycles. The molecule has 0 aliphatic carbocycles. The maximum Gasteiger partial charge on any atom is 0.256 e. The molecular formula is C10H9ClO3. The fourth-order valence-corrected chi connectivity index (χ4v) is 1.50. The first kappa shape index (κ1) is 10.7. The Morgan fingerprint density at radius 3 is 2.57 bits per heavy atom. The molecule has 0 radical (unpaired) electrons. The molecule has 0 aromatic heterocycles. The van der Waals surface area contributed by atoms with Gasteiger partial charge in [0.25, 0.3) is 5.24 Å². The van der Waals surface area contributed by atoms with Crippen molar-refractivity contribution in [3.63, 3.8) is 0 Å². The van der Waals surface area contributed by atoms with Crippen molar-refractivity contribution in [3.8, 4) is 5.75 Å². The molecule has 0 unspecified atom stereocenters. The first-order valence-electron chi connectivity index (χ1n) is 3.93. The van der Waals surface area contributed by atoms with Gasteiger partial charge in [-0.3, -0.25) is 9.59 Å². The highest BCUT2D eigenvalue weighted by atomic mass is 35.5. The fourth-order valence-electron chi connectivity index (χ4n) is 1.26. The van der Waals surface area contributed by atoms with E-state index in [-0.39, 0.29) is 0 Å². The van der Waals surface area contributed by atoms with E-state index in [4.69, 9.17) is 16.3 Å². The van der Waals surface area contributed by atoms with E-state index in [1.54, 1.807) is 13.0 Å². The lowest BCUT2D eigenvalue weighted by Gasteiger charge is -2.08. The standard InChI is InChI=1S/C10H9ClO3/c1-6-3-7(5-12)4-8(14-2)9(6)10(11)13/h3-5H,1-2H3. The van der Waals surface area contributed by atoms with Gasteiger partial charge < -0.3 is 4.74 Å². The molecule has 1 aromatic carbocycles. The van der Waals surface area contributed by atoms with Crippen molar-refractivity contribution in [2.75, 3.05) is 7.11 Å². The van der Waals surface area contributed by atoms with E-state index in [0.717, 1.165) is 0 Å². The van der Waals surface area contributed by atoms with Crippen LogP contribution in [0.2, 0.25) is 0 Å². The summed E-state index contributed by atoms with van der Waals surface area (Å²) in [4.78, 5) is 21.6. The van der Waals surface area contributed by atoms with Crippen molar-refractivity contribution in [1.82, 2.24) is 0 Å². The molecule has 4 heteroatoms. The van der Waals surface area contributed by atoms with Crippen LogP contribution in [0.5, 0.6) is 5.75 Å². The van der Waals surface area contributed by atoms with Crippen molar-refractivity contribution in [3.05, 3.63) is 28.8 Å². The molecule has 0 N–H and O–H groups in total. The van der Waals surface area contributed by atoms with Gasteiger partial charge >= 0.3 is 0 Å². The van der Waals surface area contributed by atoms with Gasteiger partial charge in [-0.1, -0.05) is 0 Å².